The van der Waals surface area contributed by atoms with Crippen molar-refractivity contribution in [3.05, 3.63) is 94.3 Å². The zero-order valence-electron chi connectivity index (χ0n) is 19.2. The summed E-state index contributed by atoms with van der Waals surface area (Å²) in [5, 5.41) is 11.5. The maximum atomic E-state index is 15.1. The van der Waals surface area contributed by atoms with Crippen molar-refractivity contribution in [1.82, 2.24) is 4.98 Å². The lowest BCUT2D eigenvalue weighted by Gasteiger charge is -2.23. The Morgan fingerprint density at radius 2 is 1.86 bits per heavy atom. The maximum absolute atomic E-state index is 15.1. The Morgan fingerprint density at radius 1 is 1.09 bits per heavy atom. The minimum atomic E-state index is -1.18. The van der Waals surface area contributed by atoms with Gasteiger partial charge in [0.05, 0.1) is 22.9 Å². The molecule has 1 aromatic heterocycles. The minimum Gasteiger partial charge on any atom is -0.507 e. The Morgan fingerprint density at radius 3 is 2.57 bits per heavy atom. The Kier molecular flexibility index (Phi) is 5.61. The van der Waals surface area contributed by atoms with Gasteiger partial charge in [0.1, 0.15) is 23.4 Å². The third-order valence-electron chi connectivity index (χ3n) is 6.05. The fourth-order valence-electron chi connectivity index (χ4n) is 4.32. The molecule has 0 aliphatic carbocycles. The summed E-state index contributed by atoms with van der Waals surface area (Å²) in [6.45, 7) is 3.74. The lowest BCUT2D eigenvalue weighted by atomic mass is 9.94. The standard InChI is InChI=1S/C27H21FN2O4S/c1-14-8-10-19-21(12-14)35-27(29-19)30-23(17-6-4-5-7-18(17)28)22(25(32)26(30)33)24(31)16-9-11-20(34-3)15(2)13-16/h4-13,23,31H,1-3H3/t23-/m0/s1. The van der Waals surface area contributed by atoms with Gasteiger partial charge in [-0.3, -0.25) is 14.5 Å². The molecule has 5 rings (SSSR count). The largest absolute Gasteiger partial charge is 0.507 e. The monoisotopic (exact) mass is 488 g/mol. The first kappa shape index (κ1) is 22.7. The number of Topliss-reactive ketones (excluding diaryl/α,β-unsaturated/α-hetero) is 1. The highest BCUT2D eigenvalue weighted by molar-refractivity contribution is 7.22. The van der Waals surface area contributed by atoms with Gasteiger partial charge in [0.15, 0.2) is 5.13 Å². The number of anilines is 1. The van der Waals surface area contributed by atoms with Crippen molar-refractivity contribution in [3.63, 3.8) is 0 Å². The third-order valence-corrected chi connectivity index (χ3v) is 7.07. The van der Waals surface area contributed by atoms with E-state index < -0.39 is 23.5 Å². The van der Waals surface area contributed by atoms with Crippen LogP contribution in [0.5, 0.6) is 5.75 Å². The van der Waals surface area contributed by atoms with Gasteiger partial charge in [-0.1, -0.05) is 35.6 Å². The maximum Gasteiger partial charge on any atom is 0.301 e. The van der Waals surface area contributed by atoms with Crippen LogP contribution in [-0.2, 0) is 9.59 Å². The van der Waals surface area contributed by atoms with E-state index in [1.54, 1.807) is 31.2 Å². The zero-order chi connectivity index (χ0) is 24.9. The molecule has 1 aliphatic rings. The highest BCUT2D eigenvalue weighted by Crippen LogP contribution is 2.45. The molecule has 1 fully saturated rings. The molecule has 8 heteroatoms. The predicted octanol–water partition coefficient (Wildman–Crippen LogP) is 5.69. The SMILES string of the molecule is COc1ccc(C(O)=C2C(=O)C(=O)N(c3nc4ccc(C)cc4s3)[C@H]2c2ccccc2F)cc1C. The number of aliphatic hydroxyl groups is 1. The van der Waals surface area contributed by atoms with Crippen LogP contribution >= 0.6 is 11.3 Å². The number of thiazole rings is 1. The van der Waals surface area contributed by atoms with Crippen LogP contribution in [0.15, 0.2) is 66.2 Å². The molecule has 2 heterocycles. The summed E-state index contributed by atoms with van der Waals surface area (Å²) in [5.74, 6) is -2.15. The fourth-order valence-corrected chi connectivity index (χ4v) is 5.42. The van der Waals surface area contributed by atoms with E-state index in [0.29, 0.717) is 16.8 Å². The third kappa shape index (κ3) is 3.76. The first-order chi connectivity index (χ1) is 16.8. The average Bonchev–Trinajstić information content (AvgIpc) is 3.36. The Bertz CT molecular complexity index is 1540. The summed E-state index contributed by atoms with van der Waals surface area (Å²) in [7, 11) is 1.53. The summed E-state index contributed by atoms with van der Waals surface area (Å²) in [6.07, 6.45) is 0. The van der Waals surface area contributed by atoms with Crippen LogP contribution < -0.4 is 9.64 Å². The van der Waals surface area contributed by atoms with Crippen molar-refractivity contribution < 1.29 is 23.8 Å². The van der Waals surface area contributed by atoms with Crippen LogP contribution in [0.1, 0.15) is 28.3 Å². The number of aromatic nitrogens is 1. The number of ketones is 1. The molecule has 35 heavy (non-hydrogen) atoms. The van der Waals surface area contributed by atoms with E-state index in [0.717, 1.165) is 15.8 Å². The molecule has 1 N–H and O–H groups in total. The van der Waals surface area contributed by atoms with Crippen molar-refractivity contribution in [2.45, 2.75) is 19.9 Å². The van der Waals surface area contributed by atoms with E-state index in [-0.39, 0.29) is 22.0 Å². The van der Waals surface area contributed by atoms with E-state index in [4.69, 9.17) is 4.74 Å². The highest BCUT2D eigenvalue weighted by Gasteiger charge is 2.49. The fraction of sp³-hybridized carbons (Fsp3) is 0.148. The van der Waals surface area contributed by atoms with Gasteiger partial charge in [-0.15, -0.1) is 0 Å². The van der Waals surface area contributed by atoms with Crippen LogP contribution in [0.3, 0.4) is 0 Å². The summed E-state index contributed by atoms with van der Waals surface area (Å²) in [6, 6.07) is 15.3. The minimum absolute atomic E-state index is 0.0916. The second kappa shape index (κ2) is 8.63. The van der Waals surface area contributed by atoms with Gasteiger partial charge in [0, 0.05) is 11.1 Å². The molecule has 0 radical (unpaired) electrons. The number of ether oxygens (including phenoxy) is 1. The Balaban J connectivity index is 1.74. The van der Waals surface area contributed by atoms with Crippen LogP contribution in [-0.4, -0.2) is 28.9 Å². The summed E-state index contributed by atoms with van der Waals surface area (Å²) >= 11 is 1.23. The van der Waals surface area contributed by atoms with Crippen molar-refractivity contribution in [2.24, 2.45) is 0 Å². The lowest BCUT2D eigenvalue weighted by Crippen LogP contribution is -2.29. The zero-order valence-corrected chi connectivity index (χ0v) is 20.0. The number of hydrogen-bond acceptors (Lipinski definition) is 6. The normalized spacial score (nSPS) is 17.4. The predicted molar refractivity (Wildman–Crippen MR) is 133 cm³/mol. The van der Waals surface area contributed by atoms with Crippen LogP contribution in [0, 0.1) is 19.7 Å². The average molecular weight is 489 g/mol. The number of aryl methyl sites for hydroxylation is 2. The second-order valence-electron chi connectivity index (χ2n) is 8.34. The molecule has 4 aromatic rings. The molecular formula is C27H21FN2O4S. The molecule has 0 saturated carbocycles. The van der Waals surface area contributed by atoms with Gasteiger partial charge >= 0.3 is 5.91 Å². The van der Waals surface area contributed by atoms with E-state index in [2.05, 4.69) is 4.98 Å². The van der Waals surface area contributed by atoms with E-state index in [9.17, 15) is 14.7 Å². The number of nitrogens with zero attached hydrogens (tertiary/aromatic N) is 2. The molecule has 3 aromatic carbocycles. The molecule has 0 unspecified atom stereocenters. The first-order valence-corrected chi connectivity index (χ1v) is 11.7. The van der Waals surface area contributed by atoms with Gasteiger partial charge in [-0.25, -0.2) is 9.37 Å². The quantitative estimate of drug-likeness (QED) is 0.227. The number of carbonyl (C=O) groups is 2. The molecule has 1 atom stereocenters. The number of carbonyl (C=O) groups excluding carboxylic acids is 2. The van der Waals surface area contributed by atoms with Crippen LogP contribution in [0.2, 0.25) is 0 Å². The second-order valence-corrected chi connectivity index (χ2v) is 9.35. The molecule has 1 aliphatic heterocycles. The van der Waals surface area contributed by atoms with Gasteiger partial charge < -0.3 is 9.84 Å². The molecule has 1 saturated heterocycles. The lowest BCUT2D eigenvalue weighted by molar-refractivity contribution is -0.132. The smallest absolute Gasteiger partial charge is 0.301 e. The van der Waals surface area contributed by atoms with Gasteiger partial charge in [0.25, 0.3) is 5.78 Å². The summed E-state index contributed by atoms with van der Waals surface area (Å²) < 4.78 is 21.2. The molecule has 0 spiro atoms. The first-order valence-electron chi connectivity index (χ1n) is 10.9. The van der Waals surface area contributed by atoms with Crippen LogP contribution in [0.25, 0.3) is 16.0 Å². The number of aliphatic hydroxyl groups excluding tert-OH is 1. The molecule has 176 valence electrons. The number of benzene rings is 3. The molecule has 1 amide bonds. The van der Waals surface area contributed by atoms with Crippen LogP contribution in [0.4, 0.5) is 9.52 Å². The summed E-state index contributed by atoms with van der Waals surface area (Å²) in [4.78, 5) is 32.4. The van der Waals surface area contributed by atoms with E-state index >= 15 is 4.39 Å². The number of halogens is 1. The Hall–Kier alpha value is -4.04. The molecular weight excluding hydrogens is 467 g/mol. The van der Waals surface area contributed by atoms with Crippen molar-refractivity contribution in [1.29, 1.82) is 0 Å². The molecule has 0 bridgehead atoms. The summed E-state index contributed by atoms with van der Waals surface area (Å²) in [5.41, 5.74) is 2.64. The van der Waals surface area contributed by atoms with Crippen molar-refractivity contribution in [3.8, 4) is 5.75 Å². The highest BCUT2D eigenvalue weighted by atomic mass is 32.1. The van der Waals surface area contributed by atoms with Gasteiger partial charge in [0.2, 0.25) is 0 Å². The van der Waals surface area contributed by atoms with E-state index in [1.807, 2.05) is 25.1 Å². The van der Waals surface area contributed by atoms with Crippen molar-refractivity contribution in [2.75, 3.05) is 12.0 Å². The van der Waals surface area contributed by atoms with Gasteiger partial charge in [-0.05, 0) is 61.4 Å². The number of amides is 1. The number of hydrogen-bond donors (Lipinski definition) is 1. The van der Waals surface area contributed by atoms with Gasteiger partial charge in [-0.2, -0.15) is 0 Å². The van der Waals surface area contributed by atoms with Crippen molar-refractivity contribution >= 4 is 44.1 Å². The topological polar surface area (TPSA) is 79.7 Å². The number of methoxy groups -OCH3 is 1. The molecule has 6 nitrogen and oxygen atoms in total. The van der Waals surface area contributed by atoms with E-state index in [1.165, 1.54) is 41.5 Å². The number of fused-ring (bicyclic) bond motifs is 1. The Labute approximate surface area is 204 Å². The number of rotatable bonds is 4.